The van der Waals surface area contributed by atoms with Crippen molar-refractivity contribution in [2.24, 2.45) is 0 Å². The van der Waals surface area contributed by atoms with Crippen LogP contribution in [0.4, 0.5) is 10.1 Å². The molecule has 0 saturated heterocycles. The molecule has 0 spiro atoms. The summed E-state index contributed by atoms with van der Waals surface area (Å²) in [6.45, 7) is 1.70. The second kappa shape index (κ2) is 6.00. The number of aryl methyl sites for hydroxylation is 1. The van der Waals surface area contributed by atoms with Crippen molar-refractivity contribution in [2.45, 2.75) is 17.6 Å². The maximum atomic E-state index is 13.3. The van der Waals surface area contributed by atoms with Crippen LogP contribution >= 0.6 is 11.8 Å². The number of methoxy groups -OCH3 is 1. The molecule has 0 bridgehead atoms. The fourth-order valence-corrected chi connectivity index (χ4v) is 2.48. The van der Waals surface area contributed by atoms with Crippen molar-refractivity contribution in [3.05, 3.63) is 47.2 Å². The highest BCUT2D eigenvalue weighted by Gasteiger charge is 2.15. The molecule has 0 atom stereocenters. The zero-order chi connectivity index (χ0) is 14.7. The molecule has 20 heavy (non-hydrogen) atoms. The fourth-order valence-electron chi connectivity index (χ4n) is 1.68. The maximum absolute atomic E-state index is 13.3. The Labute approximate surface area is 120 Å². The molecule has 6 heteroatoms. The van der Waals surface area contributed by atoms with Crippen LogP contribution in [0.15, 0.2) is 33.6 Å². The van der Waals surface area contributed by atoms with Crippen LogP contribution in [0.5, 0.6) is 0 Å². The van der Waals surface area contributed by atoms with E-state index in [1.807, 2.05) is 0 Å². The van der Waals surface area contributed by atoms with Crippen LogP contribution in [0.25, 0.3) is 0 Å². The Morgan fingerprint density at radius 3 is 2.85 bits per heavy atom. The number of halogens is 1. The first-order valence-electron chi connectivity index (χ1n) is 5.86. The highest BCUT2D eigenvalue weighted by Crippen LogP contribution is 2.27. The molecule has 0 radical (unpaired) electrons. The lowest BCUT2D eigenvalue weighted by atomic mass is 10.2. The number of furan rings is 1. The van der Waals surface area contributed by atoms with Crippen LogP contribution in [-0.4, -0.2) is 13.1 Å². The van der Waals surface area contributed by atoms with Crippen molar-refractivity contribution < 1.29 is 18.3 Å². The van der Waals surface area contributed by atoms with Gasteiger partial charge in [0.05, 0.1) is 18.6 Å². The van der Waals surface area contributed by atoms with Gasteiger partial charge in [0.25, 0.3) is 0 Å². The quantitative estimate of drug-likeness (QED) is 0.532. The number of hydrogen-bond acceptors (Lipinski definition) is 5. The van der Waals surface area contributed by atoms with E-state index < -0.39 is 11.8 Å². The molecule has 0 fully saturated rings. The molecule has 0 amide bonds. The molecule has 4 nitrogen and oxygen atoms in total. The summed E-state index contributed by atoms with van der Waals surface area (Å²) in [6, 6.07) is 6.27. The van der Waals surface area contributed by atoms with Gasteiger partial charge in [0.15, 0.2) is 0 Å². The highest BCUT2D eigenvalue weighted by molar-refractivity contribution is 7.98. The van der Waals surface area contributed by atoms with Gasteiger partial charge >= 0.3 is 5.97 Å². The second-order valence-corrected chi connectivity index (χ2v) is 5.19. The van der Waals surface area contributed by atoms with E-state index >= 15 is 0 Å². The number of esters is 1. The minimum Gasteiger partial charge on any atom is -0.465 e. The van der Waals surface area contributed by atoms with E-state index in [0.717, 1.165) is 4.90 Å². The highest BCUT2D eigenvalue weighted by atomic mass is 32.2. The standard InChI is InChI=1S/C14H14FNO3S/c1-8-11(14(17)18-2)5-9(19-8)7-20-10-3-4-13(16)12(15)6-10/h3-6H,7,16H2,1-2H3. The second-order valence-electron chi connectivity index (χ2n) is 4.15. The first-order chi connectivity index (χ1) is 9.51. The maximum Gasteiger partial charge on any atom is 0.341 e. The summed E-state index contributed by atoms with van der Waals surface area (Å²) >= 11 is 1.40. The van der Waals surface area contributed by atoms with Gasteiger partial charge in [0.1, 0.15) is 22.9 Å². The van der Waals surface area contributed by atoms with Crippen LogP contribution in [0.1, 0.15) is 21.9 Å². The van der Waals surface area contributed by atoms with Crippen molar-refractivity contribution in [3.63, 3.8) is 0 Å². The smallest absolute Gasteiger partial charge is 0.341 e. The SMILES string of the molecule is COC(=O)c1cc(CSc2ccc(N)c(F)c2)oc1C. The lowest BCUT2D eigenvalue weighted by Gasteiger charge is -2.01. The number of ether oxygens (including phenoxy) is 1. The van der Waals surface area contributed by atoms with Gasteiger partial charge in [-0.1, -0.05) is 0 Å². The first kappa shape index (κ1) is 14.5. The van der Waals surface area contributed by atoms with Crippen molar-refractivity contribution in [1.29, 1.82) is 0 Å². The lowest BCUT2D eigenvalue weighted by Crippen LogP contribution is -2.00. The third kappa shape index (κ3) is 3.14. The molecule has 2 N–H and O–H groups in total. The Balaban J connectivity index is 2.07. The van der Waals surface area contributed by atoms with Crippen molar-refractivity contribution in [1.82, 2.24) is 0 Å². The van der Waals surface area contributed by atoms with Crippen LogP contribution < -0.4 is 5.73 Å². The van der Waals surface area contributed by atoms with Gasteiger partial charge in [-0.25, -0.2) is 9.18 Å². The predicted molar refractivity (Wildman–Crippen MR) is 75.2 cm³/mol. The molecule has 2 rings (SSSR count). The van der Waals surface area contributed by atoms with Gasteiger partial charge < -0.3 is 14.9 Å². The number of carbonyl (C=O) groups is 1. The summed E-state index contributed by atoms with van der Waals surface area (Å²) in [7, 11) is 1.32. The molecule has 106 valence electrons. The zero-order valence-corrected chi connectivity index (χ0v) is 11.9. The topological polar surface area (TPSA) is 65.5 Å². The normalized spacial score (nSPS) is 10.6. The van der Waals surface area contributed by atoms with Crippen LogP contribution in [0.3, 0.4) is 0 Å². The van der Waals surface area contributed by atoms with Gasteiger partial charge in [-0.15, -0.1) is 11.8 Å². The van der Waals surface area contributed by atoms with Crippen molar-refractivity contribution in [3.8, 4) is 0 Å². The molecule has 1 aromatic heterocycles. The van der Waals surface area contributed by atoms with E-state index in [4.69, 9.17) is 10.2 Å². The van der Waals surface area contributed by atoms with E-state index in [1.165, 1.54) is 31.0 Å². The minimum atomic E-state index is -0.444. The van der Waals surface area contributed by atoms with Crippen LogP contribution in [0, 0.1) is 12.7 Å². The van der Waals surface area contributed by atoms with Gasteiger partial charge in [0.2, 0.25) is 0 Å². The van der Waals surface area contributed by atoms with Gasteiger partial charge in [0, 0.05) is 4.90 Å². The molecule has 0 unspecified atom stereocenters. The first-order valence-corrected chi connectivity index (χ1v) is 6.85. The van der Waals surface area contributed by atoms with Gasteiger partial charge in [-0.2, -0.15) is 0 Å². The molecule has 0 saturated carbocycles. The monoisotopic (exact) mass is 295 g/mol. The number of thioether (sulfide) groups is 1. The predicted octanol–water partition coefficient (Wildman–Crippen LogP) is 3.39. The van der Waals surface area contributed by atoms with E-state index in [9.17, 15) is 9.18 Å². The summed E-state index contributed by atoms with van der Waals surface area (Å²) < 4.78 is 23.4. The van der Waals surface area contributed by atoms with Gasteiger partial charge in [-0.3, -0.25) is 0 Å². The number of hydrogen-bond donors (Lipinski definition) is 1. The lowest BCUT2D eigenvalue weighted by molar-refractivity contribution is 0.0599. The summed E-state index contributed by atoms with van der Waals surface area (Å²) in [4.78, 5) is 12.2. The van der Waals surface area contributed by atoms with E-state index in [-0.39, 0.29) is 5.69 Å². The number of rotatable bonds is 4. The third-order valence-electron chi connectivity index (χ3n) is 2.73. The summed E-state index contributed by atoms with van der Waals surface area (Å²) in [5, 5.41) is 0. The summed E-state index contributed by atoms with van der Waals surface area (Å²) in [5.41, 5.74) is 5.94. The minimum absolute atomic E-state index is 0.121. The van der Waals surface area contributed by atoms with Gasteiger partial charge in [-0.05, 0) is 31.2 Å². The average molecular weight is 295 g/mol. The van der Waals surface area contributed by atoms with E-state index in [0.29, 0.717) is 22.8 Å². The molecule has 2 aromatic rings. The van der Waals surface area contributed by atoms with Crippen LogP contribution in [-0.2, 0) is 10.5 Å². The Bertz CT molecular complexity index is 639. The molecule has 0 aliphatic rings. The largest absolute Gasteiger partial charge is 0.465 e. The van der Waals surface area contributed by atoms with E-state index in [2.05, 4.69) is 4.74 Å². The van der Waals surface area contributed by atoms with Crippen LogP contribution in [0.2, 0.25) is 0 Å². The van der Waals surface area contributed by atoms with E-state index in [1.54, 1.807) is 19.1 Å². The molecule has 1 heterocycles. The fraction of sp³-hybridized carbons (Fsp3) is 0.214. The number of carbonyl (C=O) groups excluding carboxylic acids is 1. The Morgan fingerprint density at radius 1 is 1.45 bits per heavy atom. The van der Waals surface area contributed by atoms with Crippen molar-refractivity contribution in [2.75, 3.05) is 12.8 Å². The summed E-state index contributed by atoms with van der Waals surface area (Å²) in [6.07, 6.45) is 0. The third-order valence-corrected chi connectivity index (χ3v) is 3.74. The molecule has 0 aliphatic carbocycles. The Morgan fingerprint density at radius 2 is 2.20 bits per heavy atom. The molecular weight excluding hydrogens is 281 g/mol. The van der Waals surface area contributed by atoms with Crippen molar-refractivity contribution >= 4 is 23.4 Å². The molecule has 1 aromatic carbocycles. The Hall–Kier alpha value is -1.95. The average Bonchev–Trinajstić information content (AvgIpc) is 2.80. The molecule has 0 aliphatic heterocycles. The summed E-state index contributed by atoms with van der Waals surface area (Å²) in [5.74, 6) is 0.754. The number of nitrogens with two attached hydrogens (primary N) is 1. The zero-order valence-electron chi connectivity index (χ0n) is 11.1. The number of benzene rings is 1. The molecular formula is C14H14FNO3S. The number of anilines is 1. The Kier molecular flexibility index (Phi) is 4.34. The number of nitrogen functional groups attached to an aromatic ring is 1.